The molecule has 3 nitrogen and oxygen atoms in total. The lowest BCUT2D eigenvalue weighted by molar-refractivity contribution is -0.142. The van der Waals surface area contributed by atoms with Crippen LogP contribution in [-0.4, -0.2) is 24.9 Å². The molecule has 0 radical (unpaired) electrons. The molecule has 2 unspecified atom stereocenters. The highest BCUT2D eigenvalue weighted by Crippen LogP contribution is 2.47. The second-order valence-electron chi connectivity index (χ2n) is 6.55. The third kappa shape index (κ3) is 2.61. The van der Waals surface area contributed by atoms with Crippen molar-refractivity contribution in [1.29, 1.82) is 0 Å². The Morgan fingerprint density at radius 1 is 1.35 bits per heavy atom. The molecule has 1 aromatic carbocycles. The molecule has 1 aromatic rings. The van der Waals surface area contributed by atoms with E-state index in [0.29, 0.717) is 6.04 Å². The summed E-state index contributed by atoms with van der Waals surface area (Å²) in [4.78, 5) is 0. The van der Waals surface area contributed by atoms with Crippen molar-refractivity contribution in [2.45, 2.75) is 50.4 Å². The molecule has 0 saturated carbocycles. The Bertz CT molecular complexity index is 517. The summed E-state index contributed by atoms with van der Waals surface area (Å²) in [6, 6.07) is 6.67. The highest BCUT2D eigenvalue weighted by molar-refractivity contribution is 9.10. The number of fused-ring (bicyclic) bond motifs is 1. The molecular formula is C16H22BrNO2. The predicted octanol–water partition coefficient (Wildman–Crippen LogP) is 3.82. The molecular weight excluding hydrogens is 318 g/mol. The first kappa shape index (κ1) is 14.4. The SMILES string of the molecule is CNC1CC2(CCOC(C)(C)C2)Oc2cc(Br)ccc21. The van der Waals surface area contributed by atoms with E-state index in [1.807, 2.05) is 7.05 Å². The van der Waals surface area contributed by atoms with Crippen LogP contribution in [0.4, 0.5) is 0 Å². The fraction of sp³-hybridized carbons (Fsp3) is 0.625. The summed E-state index contributed by atoms with van der Waals surface area (Å²) in [6.07, 6.45) is 2.90. The molecule has 2 aliphatic heterocycles. The van der Waals surface area contributed by atoms with E-state index in [1.165, 1.54) is 5.56 Å². The van der Waals surface area contributed by atoms with Crippen LogP contribution in [0, 0.1) is 0 Å². The van der Waals surface area contributed by atoms with Gasteiger partial charge in [0.2, 0.25) is 0 Å². The first-order chi connectivity index (χ1) is 9.43. The minimum absolute atomic E-state index is 0.108. The minimum atomic E-state index is -0.111. The smallest absolute Gasteiger partial charge is 0.126 e. The van der Waals surface area contributed by atoms with E-state index in [1.54, 1.807) is 0 Å². The van der Waals surface area contributed by atoms with Crippen molar-refractivity contribution in [3.63, 3.8) is 0 Å². The van der Waals surface area contributed by atoms with Crippen molar-refractivity contribution >= 4 is 15.9 Å². The maximum atomic E-state index is 6.46. The van der Waals surface area contributed by atoms with E-state index in [4.69, 9.17) is 9.47 Å². The molecule has 0 amide bonds. The Morgan fingerprint density at radius 3 is 2.85 bits per heavy atom. The molecule has 110 valence electrons. The van der Waals surface area contributed by atoms with Gasteiger partial charge in [-0.25, -0.2) is 0 Å². The molecule has 2 atom stereocenters. The third-order valence-electron chi connectivity index (χ3n) is 4.40. The number of halogens is 1. The van der Waals surface area contributed by atoms with Crippen LogP contribution in [0.5, 0.6) is 5.75 Å². The zero-order valence-electron chi connectivity index (χ0n) is 12.3. The second kappa shape index (κ2) is 5.00. The number of nitrogens with one attached hydrogen (secondary N) is 1. The van der Waals surface area contributed by atoms with E-state index in [0.717, 1.165) is 36.1 Å². The molecule has 1 spiro atoms. The van der Waals surface area contributed by atoms with Gasteiger partial charge in [-0.05, 0) is 33.0 Å². The van der Waals surface area contributed by atoms with Crippen LogP contribution in [-0.2, 0) is 4.74 Å². The van der Waals surface area contributed by atoms with Crippen LogP contribution in [0.3, 0.4) is 0 Å². The largest absolute Gasteiger partial charge is 0.487 e. The van der Waals surface area contributed by atoms with Crippen LogP contribution >= 0.6 is 15.9 Å². The molecule has 1 fully saturated rings. The highest BCUT2D eigenvalue weighted by Gasteiger charge is 2.47. The van der Waals surface area contributed by atoms with E-state index >= 15 is 0 Å². The molecule has 4 heteroatoms. The van der Waals surface area contributed by atoms with Gasteiger partial charge in [0.1, 0.15) is 11.4 Å². The van der Waals surface area contributed by atoms with Crippen molar-refractivity contribution in [2.24, 2.45) is 0 Å². The van der Waals surface area contributed by atoms with E-state index in [9.17, 15) is 0 Å². The molecule has 2 heterocycles. The van der Waals surface area contributed by atoms with Gasteiger partial charge >= 0.3 is 0 Å². The zero-order chi connectivity index (χ0) is 14.4. The van der Waals surface area contributed by atoms with Crippen molar-refractivity contribution in [2.75, 3.05) is 13.7 Å². The molecule has 0 aromatic heterocycles. The zero-order valence-corrected chi connectivity index (χ0v) is 13.9. The van der Waals surface area contributed by atoms with Gasteiger partial charge in [-0.15, -0.1) is 0 Å². The lowest BCUT2D eigenvalue weighted by Crippen LogP contribution is -2.52. The van der Waals surface area contributed by atoms with E-state index in [-0.39, 0.29) is 11.2 Å². The third-order valence-corrected chi connectivity index (χ3v) is 4.89. The van der Waals surface area contributed by atoms with Crippen LogP contribution in [0.15, 0.2) is 22.7 Å². The lowest BCUT2D eigenvalue weighted by Gasteiger charge is -2.49. The number of rotatable bonds is 1. The Kier molecular flexibility index (Phi) is 3.59. The van der Waals surface area contributed by atoms with E-state index in [2.05, 4.69) is 53.3 Å². The summed E-state index contributed by atoms with van der Waals surface area (Å²) < 4.78 is 13.4. The van der Waals surface area contributed by atoms with Gasteiger partial charge in [0.05, 0.1) is 12.2 Å². The average Bonchev–Trinajstić information content (AvgIpc) is 2.35. The summed E-state index contributed by atoms with van der Waals surface area (Å²) in [7, 11) is 2.03. The molecule has 0 aliphatic carbocycles. The standard InChI is InChI=1S/C16H22BrNO2/c1-15(2)10-16(6-7-19-15)9-13(18-3)12-5-4-11(17)8-14(12)20-16/h4-5,8,13,18H,6-7,9-10H2,1-3H3. The van der Waals surface area contributed by atoms with Crippen LogP contribution < -0.4 is 10.1 Å². The highest BCUT2D eigenvalue weighted by atomic mass is 79.9. The fourth-order valence-corrected chi connectivity index (χ4v) is 3.93. The summed E-state index contributed by atoms with van der Waals surface area (Å²) in [5.41, 5.74) is 1.04. The van der Waals surface area contributed by atoms with Gasteiger partial charge in [0, 0.05) is 35.3 Å². The number of ether oxygens (including phenoxy) is 2. The molecule has 1 N–H and O–H groups in total. The minimum Gasteiger partial charge on any atom is -0.487 e. The van der Waals surface area contributed by atoms with Gasteiger partial charge in [-0.2, -0.15) is 0 Å². The van der Waals surface area contributed by atoms with Crippen LogP contribution in [0.2, 0.25) is 0 Å². The molecule has 20 heavy (non-hydrogen) atoms. The predicted molar refractivity (Wildman–Crippen MR) is 83.2 cm³/mol. The molecule has 2 aliphatic rings. The van der Waals surface area contributed by atoms with Gasteiger partial charge in [0.15, 0.2) is 0 Å². The van der Waals surface area contributed by atoms with E-state index < -0.39 is 0 Å². The Morgan fingerprint density at radius 2 is 2.15 bits per heavy atom. The topological polar surface area (TPSA) is 30.5 Å². The first-order valence-corrected chi connectivity index (χ1v) is 8.02. The second-order valence-corrected chi connectivity index (χ2v) is 7.46. The maximum absolute atomic E-state index is 6.46. The molecule has 1 saturated heterocycles. The molecule has 0 bridgehead atoms. The molecule has 3 rings (SSSR count). The average molecular weight is 340 g/mol. The summed E-state index contributed by atoms with van der Waals surface area (Å²) in [5, 5.41) is 3.44. The van der Waals surface area contributed by atoms with Gasteiger partial charge in [-0.1, -0.05) is 22.0 Å². The Hall–Kier alpha value is -0.580. The fourth-order valence-electron chi connectivity index (χ4n) is 3.59. The van der Waals surface area contributed by atoms with Crippen molar-refractivity contribution < 1.29 is 9.47 Å². The Labute approximate surface area is 129 Å². The Balaban J connectivity index is 1.97. The quantitative estimate of drug-likeness (QED) is 0.843. The van der Waals surface area contributed by atoms with Crippen molar-refractivity contribution in [3.05, 3.63) is 28.2 Å². The normalized spacial score (nSPS) is 31.7. The van der Waals surface area contributed by atoms with Crippen LogP contribution in [0.1, 0.15) is 44.7 Å². The number of hydrogen-bond donors (Lipinski definition) is 1. The maximum Gasteiger partial charge on any atom is 0.126 e. The lowest BCUT2D eigenvalue weighted by atomic mass is 9.77. The van der Waals surface area contributed by atoms with Crippen LogP contribution in [0.25, 0.3) is 0 Å². The van der Waals surface area contributed by atoms with Crippen molar-refractivity contribution in [1.82, 2.24) is 5.32 Å². The number of benzene rings is 1. The van der Waals surface area contributed by atoms with Crippen molar-refractivity contribution in [3.8, 4) is 5.75 Å². The van der Waals surface area contributed by atoms with Gasteiger partial charge < -0.3 is 14.8 Å². The summed E-state index contributed by atoms with van der Waals surface area (Å²) in [6.45, 7) is 5.08. The summed E-state index contributed by atoms with van der Waals surface area (Å²) in [5.74, 6) is 1.00. The number of hydrogen-bond acceptors (Lipinski definition) is 3. The monoisotopic (exact) mass is 339 g/mol. The summed E-state index contributed by atoms with van der Waals surface area (Å²) >= 11 is 3.54. The van der Waals surface area contributed by atoms with Gasteiger partial charge in [0.25, 0.3) is 0 Å². The van der Waals surface area contributed by atoms with Gasteiger partial charge in [-0.3, -0.25) is 0 Å². The first-order valence-electron chi connectivity index (χ1n) is 7.23.